The number of nitrogens with two attached hydrogens (primary N) is 1. The highest BCUT2D eigenvalue weighted by atomic mass is 19.4. The summed E-state index contributed by atoms with van der Waals surface area (Å²) in [5.41, 5.74) is 3.93. The lowest BCUT2D eigenvalue weighted by molar-refractivity contribution is -0.274. The first kappa shape index (κ1) is 25.0. The highest BCUT2D eigenvalue weighted by Crippen LogP contribution is 2.69. The molecule has 2 bridgehead atoms. The van der Waals surface area contributed by atoms with Gasteiger partial charge < -0.3 is 20.1 Å². The summed E-state index contributed by atoms with van der Waals surface area (Å²) in [6, 6.07) is 0.851. The Morgan fingerprint density at radius 3 is 2.19 bits per heavy atom. The predicted molar refractivity (Wildman–Crippen MR) is 108 cm³/mol. The number of ether oxygens (including phenoxy) is 1. The number of aliphatic hydroxyl groups excluding tert-OH is 1. The van der Waals surface area contributed by atoms with Crippen LogP contribution in [0.15, 0.2) is 18.5 Å². The van der Waals surface area contributed by atoms with E-state index in [9.17, 15) is 40.2 Å². The van der Waals surface area contributed by atoms with Gasteiger partial charge in [0.2, 0.25) is 6.10 Å². The first-order chi connectivity index (χ1) is 16.5. The van der Waals surface area contributed by atoms with Crippen molar-refractivity contribution in [2.45, 2.75) is 67.7 Å². The molecule has 3 aliphatic carbocycles. The molecule has 6 rings (SSSR count). The van der Waals surface area contributed by atoms with E-state index in [0.29, 0.717) is 19.3 Å². The molecule has 1 aliphatic heterocycles. The molecule has 3 heterocycles. The number of piperidine rings is 1. The third kappa shape index (κ3) is 4.15. The Kier molecular flexibility index (Phi) is 5.32. The van der Waals surface area contributed by atoms with Crippen LogP contribution < -0.4 is 10.5 Å². The standard InChI is InChI=1S/C21H21F8N5O2/c22-19(23)1-3-33(4-2-19)17-8-18(9-17,10-17)34-7-12(32-16(34)14(35)20(24,25)26)11-5-13(15(30)31-6-11)36-21(27,28)29/h5-7,14,35H,1-4,8-10H2,(H2,30,31). The van der Waals surface area contributed by atoms with Crippen molar-refractivity contribution >= 4 is 5.82 Å². The third-order valence-corrected chi connectivity index (χ3v) is 7.34. The van der Waals surface area contributed by atoms with E-state index in [1.165, 1.54) is 10.8 Å². The number of nitrogens with zero attached hydrogens (tertiary/aromatic N) is 4. The second-order valence-corrected chi connectivity index (χ2v) is 9.78. The Morgan fingerprint density at radius 1 is 1.03 bits per heavy atom. The Balaban J connectivity index is 1.45. The zero-order valence-corrected chi connectivity index (χ0v) is 18.5. The van der Waals surface area contributed by atoms with Crippen LogP contribution in [0.2, 0.25) is 0 Å². The zero-order valence-electron chi connectivity index (χ0n) is 18.5. The molecule has 0 aromatic carbocycles. The van der Waals surface area contributed by atoms with Gasteiger partial charge in [-0.3, -0.25) is 4.90 Å². The SMILES string of the molecule is Nc1ncc(-c2cn(C34CC(N5CCC(F)(F)CC5)(C3)C4)c(C(O)C(F)(F)F)n2)cc1OC(F)(F)F. The third-order valence-electron chi connectivity index (χ3n) is 7.34. The summed E-state index contributed by atoms with van der Waals surface area (Å²) < 4.78 is 110. The van der Waals surface area contributed by atoms with Crippen molar-refractivity contribution in [1.29, 1.82) is 0 Å². The molecule has 2 aromatic heterocycles. The molecule has 1 atom stereocenters. The van der Waals surface area contributed by atoms with Crippen molar-refractivity contribution in [3.8, 4) is 17.0 Å². The lowest BCUT2D eigenvalue weighted by atomic mass is 9.43. The van der Waals surface area contributed by atoms with Gasteiger partial charge in [0.25, 0.3) is 5.92 Å². The van der Waals surface area contributed by atoms with E-state index in [-0.39, 0.29) is 37.2 Å². The minimum Gasteiger partial charge on any atom is -0.402 e. The number of alkyl halides is 8. The highest BCUT2D eigenvalue weighted by Gasteiger charge is 2.72. The van der Waals surface area contributed by atoms with Crippen LogP contribution in [0.5, 0.6) is 5.75 Å². The number of halogens is 8. The zero-order chi connectivity index (χ0) is 26.3. The van der Waals surface area contributed by atoms with E-state index in [1.54, 1.807) is 0 Å². The number of likely N-dealkylation sites (tertiary alicyclic amines) is 1. The summed E-state index contributed by atoms with van der Waals surface area (Å²) >= 11 is 0. The lowest BCUT2D eigenvalue weighted by Crippen LogP contribution is -2.79. The van der Waals surface area contributed by atoms with E-state index >= 15 is 0 Å². The average Bonchev–Trinajstić information content (AvgIpc) is 3.11. The van der Waals surface area contributed by atoms with Gasteiger partial charge in [-0.1, -0.05) is 0 Å². The number of hydrogen-bond acceptors (Lipinski definition) is 6. The number of aliphatic hydroxyl groups is 1. The lowest BCUT2D eigenvalue weighted by Gasteiger charge is -2.75. The van der Waals surface area contributed by atoms with Gasteiger partial charge in [0, 0.05) is 49.4 Å². The van der Waals surface area contributed by atoms with Crippen LogP contribution in [0.25, 0.3) is 11.3 Å². The van der Waals surface area contributed by atoms with Crippen LogP contribution in [0.1, 0.15) is 44.0 Å². The van der Waals surface area contributed by atoms with Gasteiger partial charge >= 0.3 is 12.5 Å². The summed E-state index contributed by atoms with van der Waals surface area (Å²) in [6.07, 6.45) is -10.3. The maximum atomic E-state index is 13.5. The highest BCUT2D eigenvalue weighted by molar-refractivity contribution is 5.64. The van der Waals surface area contributed by atoms with Gasteiger partial charge in [-0.2, -0.15) is 13.2 Å². The fourth-order valence-electron chi connectivity index (χ4n) is 5.64. The fraction of sp³-hybridized carbons (Fsp3) is 0.619. The second-order valence-electron chi connectivity index (χ2n) is 9.78. The number of nitrogen functional groups attached to an aromatic ring is 1. The number of pyridine rings is 1. The Hall–Kier alpha value is -2.68. The Labute approximate surface area is 198 Å². The quantitative estimate of drug-likeness (QED) is 0.561. The van der Waals surface area contributed by atoms with E-state index in [4.69, 9.17) is 5.73 Å². The molecule has 7 nitrogen and oxygen atoms in total. The topological polar surface area (TPSA) is 89.4 Å². The van der Waals surface area contributed by atoms with E-state index < -0.39 is 53.0 Å². The average molecular weight is 527 g/mol. The van der Waals surface area contributed by atoms with E-state index in [1.807, 2.05) is 4.90 Å². The van der Waals surface area contributed by atoms with Crippen molar-refractivity contribution in [2.75, 3.05) is 18.8 Å². The molecule has 0 amide bonds. The maximum Gasteiger partial charge on any atom is 0.573 e. The second kappa shape index (κ2) is 7.66. The van der Waals surface area contributed by atoms with E-state index in [0.717, 1.165) is 12.3 Å². The van der Waals surface area contributed by atoms with Crippen LogP contribution in [0.3, 0.4) is 0 Å². The number of hydrogen-bond donors (Lipinski definition) is 2. The molecule has 0 spiro atoms. The molecule has 4 fully saturated rings. The molecule has 4 aliphatic rings. The number of anilines is 1. The van der Waals surface area contributed by atoms with Gasteiger partial charge in [0.15, 0.2) is 11.6 Å². The fourth-order valence-corrected chi connectivity index (χ4v) is 5.64. The maximum absolute atomic E-state index is 13.5. The molecule has 198 valence electrons. The molecule has 2 aromatic rings. The number of aromatic nitrogens is 3. The molecule has 36 heavy (non-hydrogen) atoms. The molecule has 1 unspecified atom stereocenters. The molecular weight excluding hydrogens is 506 g/mol. The molecule has 0 radical (unpaired) electrons. The van der Waals surface area contributed by atoms with E-state index in [2.05, 4.69) is 14.7 Å². The number of rotatable bonds is 5. The summed E-state index contributed by atoms with van der Waals surface area (Å²) in [6.45, 7) is 0.352. The molecule has 3 saturated carbocycles. The smallest absolute Gasteiger partial charge is 0.402 e. The van der Waals surface area contributed by atoms with Crippen LogP contribution in [0.4, 0.5) is 40.9 Å². The van der Waals surface area contributed by atoms with Gasteiger partial charge in [0.1, 0.15) is 5.82 Å². The van der Waals surface area contributed by atoms with Gasteiger partial charge in [0.05, 0.1) is 11.2 Å². The number of imidazole rings is 1. The molecule has 1 saturated heterocycles. The first-order valence-corrected chi connectivity index (χ1v) is 11.0. The predicted octanol–water partition coefficient (Wildman–Crippen LogP) is 4.38. The first-order valence-electron chi connectivity index (χ1n) is 11.0. The molecule has 15 heteroatoms. The normalized spacial score (nSPS) is 28.8. The van der Waals surface area contributed by atoms with Crippen molar-refractivity contribution < 1.29 is 45.0 Å². The van der Waals surface area contributed by atoms with Gasteiger partial charge in [-0.25, -0.2) is 18.7 Å². The van der Waals surface area contributed by atoms with Gasteiger partial charge in [-0.05, 0) is 25.3 Å². The van der Waals surface area contributed by atoms with Crippen molar-refractivity contribution in [3.63, 3.8) is 0 Å². The monoisotopic (exact) mass is 527 g/mol. The summed E-state index contributed by atoms with van der Waals surface area (Å²) in [4.78, 5) is 9.46. The van der Waals surface area contributed by atoms with Crippen LogP contribution in [0, 0.1) is 0 Å². The van der Waals surface area contributed by atoms with Crippen LogP contribution in [-0.2, 0) is 5.54 Å². The molecule has 3 N–H and O–H groups in total. The Bertz CT molecular complexity index is 1150. The summed E-state index contributed by atoms with van der Waals surface area (Å²) in [7, 11) is 0. The summed E-state index contributed by atoms with van der Waals surface area (Å²) in [5.74, 6) is -4.88. The van der Waals surface area contributed by atoms with Gasteiger partial charge in [-0.15, -0.1) is 13.2 Å². The van der Waals surface area contributed by atoms with Crippen molar-refractivity contribution in [2.24, 2.45) is 0 Å². The summed E-state index contributed by atoms with van der Waals surface area (Å²) in [5, 5.41) is 10.0. The Morgan fingerprint density at radius 2 is 1.64 bits per heavy atom. The van der Waals surface area contributed by atoms with Crippen LogP contribution in [-0.4, -0.2) is 61.6 Å². The van der Waals surface area contributed by atoms with Crippen LogP contribution >= 0.6 is 0 Å². The van der Waals surface area contributed by atoms with Crippen molar-refractivity contribution in [1.82, 2.24) is 19.4 Å². The largest absolute Gasteiger partial charge is 0.573 e. The minimum absolute atomic E-state index is 0.0996. The van der Waals surface area contributed by atoms with Crippen molar-refractivity contribution in [3.05, 3.63) is 24.3 Å². The minimum atomic E-state index is -5.08. The molecular formula is C21H21F8N5O2.